The molecule has 0 fully saturated rings. The Kier molecular flexibility index (Phi) is 5.39. The minimum Gasteiger partial charge on any atom is -0.481 e. The van der Waals surface area contributed by atoms with Gasteiger partial charge in [0.05, 0.1) is 5.92 Å². The minimum absolute atomic E-state index is 0.245. The lowest BCUT2D eigenvalue weighted by Gasteiger charge is -2.11. The fourth-order valence-corrected chi connectivity index (χ4v) is 2.12. The molecular formula is C13H18O2S. The highest BCUT2D eigenvalue weighted by Crippen LogP contribution is 2.18. The maximum atomic E-state index is 11.0. The highest BCUT2D eigenvalue weighted by atomic mass is 32.2. The van der Waals surface area contributed by atoms with Crippen molar-refractivity contribution in [3.63, 3.8) is 0 Å². The topological polar surface area (TPSA) is 37.3 Å². The number of thioether (sulfide) groups is 1. The first kappa shape index (κ1) is 13.1. The van der Waals surface area contributed by atoms with Crippen LogP contribution < -0.4 is 0 Å². The number of carboxylic acid groups (broad SMARTS) is 1. The summed E-state index contributed by atoms with van der Waals surface area (Å²) in [6, 6.07) is 8.14. The van der Waals surface area contributed by atoms with Gasteiger partial charge in [0, 0.05) is 4.90 Å². The number of benzene rings is 1. The molecule has 16 heavy (non-hydrogen) atoms. The summed E-state index contributed by atoms with van der Waals surface area (Å²) >= 11 is 1.70. The molecule has 0 saturated heterocycles. The summed E-state index contributed by atoms with van der Waals surface area (Å²) in [6.07, 6.45) is 4.34. The monoisotopic (exact) mass is 238 g/mol. The molecule has 0 amide bonds. The largest absolute Gasteiger partial charge is 0.481 e. The number of hydrogen-bond donors (Lipinski definition) is 1. The summed E-state index contributed by atoms with van der Waals surface area (Å²) in [4.78, 5) is 12.2. The van der Waals surface area contributed by atoms with Crippen LogP contribution in [0, 0.1) is 5.92 Å². The first-order valence-electron chi connectivity index (χ1n) is 5.53. The molecule has 1 atom stereocenters. The Morgan fingerprint density at radius 3 is 2.44 bits per heavy atom. The van der Waals surface area contributed by atoms with E-state index in [-0.39, 0.29) is 5.92 Å². The molecule has 1 rings (SSSR count). The molecule has 1 aromatic rings. The van der Waals surface area contributed by atoms with Crippen LogP contribution in [0.1, 0.15) is 25.3 Å². The molecule has 0 aliphatic heterocycles. The second-order valence-electron chi connectivity index (χ2n) is 3.88. The van der Waals surface area contributed by atoms with E-state index in [1.54, 1.807) is 11.8 Å². The number of hydrogen-bond acceptors (Lipinski definition) is 2. The predicted octanol–water partition coefficient (Wildman–Crippen LogP) is 3.45. The van der Waals surface area contributed by atoms with Crippen LogP contribution in [0.5, 0.6) is 0 Å². The number of carboxylic acids is 1. The van der Waals surface area contributed by atoms with E-state index < -0.39 is 5.97 Å². The summed E-state index contributed by atoms with van der Waals surface area (Å²) in [5, 5.41) is 9.06. The van der Waals surface area contributed by atoms with Crippen LogP contribution in [0.3, 0.4) is 0 Å². The van der Waals surface area contributed by atoms with E-state index in [9.17, 15) is 4.79 Å². The molecule has 0 bridgehead atoms. The second-order valence-corrected chi connectivity index (χ2v) is 4.76. The van der Waals surface area contributed by atoms with E-state index >= 15 is 0 Å². The van der Waals surface area contributed by atoms with E-state index in [0.29, 0.717) is 6.42 Å². The zero-order valence-electron chi connectivity index (χ0n) is 9.77. The van der Waals surface area contributed by atoms with Crippen molar-refractivity contribution < 1.29 is 9.90 Å². The molecule has 0 aliphatic rings. The smallest absolute Gasteiger partial charge is 0.306 e. The van der Waals surface area contributed by atoms with Gasteiger partial charge in [0.15, 0.2) is 0 Å². The Labute approximate surface area is 101 Å². The van der Waals surface area contributed by atoms with Crippen molar-refractivity contribution in [1.29, 1.82) is 0 Å². The van der Waals surface area contributed by atoms with Gasteiger partial charge in [0.1, 0.15) is 0 Å². The molecule has 1 aromatic carbocycles. The van der Waals surface area contributed by atoms with E-state index in [1.165, 1.54) is 4.90 Å². The third-order valence-electron chi connectivity index (χ3n) is 2.63. The molecule has 88 valence electrons. The van der Waals surface area contributed by atoms with Gasteiger partial charge in [-0.15, -0.1) is 11.8 Å². The average molecular weight is 238 g/mol. The first-order valence-corrected chi connectivity index (χ1v) is 6.75. The van der Waals surface area contributed by atoms with Crippen LogP contribution in [0.25, 0.3) is 0 Å². The average Bonchev–Trinajstić information content (AvgIpc) is 2.29. The molecule has 0 saturated carbocycles. The van der Waals surface area contributed by atoms with Gasteiger partial charge in [0.2, 0.25) is 0 Å². The van der Waals surface area contributed by atoms with E-state index in [0.717, 1.165) is 18.4 Å². The molecule has 0 radical (unpaired) electrons. The van der Waals surface area contributed by atoms with Crippen LogP contribution in [0.15, 0.2) is 29.2 Å². The second kappa shape index (κ2) is 6.59. The molecule has 3 heteroatoms. The van der Waals surface area contributed by atoms with Gasteiger partial charge < -0.3 is 5.11 Å². The van der Waals surface area contributed by atoms with Crippen molar-refractivity contribution in [2.45, 2.75) is 31.1 Å². The normalized spacial score (nSPS) is 12.4. The van der Waals surface area contributed by atoms with Crippen molar-refractivity contribution in [2.75, 3.05) is 6.26 Å². The zero-order valence-corrected chi connectivity index (χ0v) is 10.6. The molecular weight excluding hydrogens is 220 g/mol. The summed E-state index contributed by atoms with van der Waals surface area (Å²) in [5.74, 6) is -0.930. The maximum Gasteiger partial charge on any atom is 0.306 e. The van der Waals surface area contributed by atoms with Crippen LogP contribution >= 0.6 is 11.8 Å². The zero-order chi connectivity index (χ0) is 12.0. The highest BCUT2D eigenvalue weighted by molar-refractivity contribution is 7.98. The van der Waals surface area contributed by atoms with E-state index in [2.05, 4.69) is 0 Å². The van der Waals surface area contributed by atoms with Gasteiger partial charge >= 0.3 is 5.97 Å². The lowest BCUT2D eigenvalue weighted by molar-refractivity contribution is -0.141. The standard InChI is InChI=1S/C13H18O2S/c1-3-4-11(13(14)15)9-10-5-7-12(16-2)8-6-10/h5-8,11H,3-4,9H2,1-2H3,(H,14,15). The van der Waals surface area contributed by atoms with Crippen molar-refractivity contribution in [3.8, 4) is 0 Å². The van der Waals surface area contributed by atoms with Crippen molar-refractivity contribution in [3.05, 3.63) is 29.8 Å². The molecule has 2 nitrogen and oxygen atoms in total. The van der Waals surface area contributed by atoms with Crippen molar-refractivity contribution in [1.82, 2.24) is 0 Å². The highest BCUT2D eigenvalue weighted by Gasteiger charge is 2.16. The summed E-state index contributed by atoms with van der Waals surface area (Å²) in [5.41, 5.74) is 1.11. The summed E-state index contributed by atoms with van der Waals surface area (Å²) in [7, 11) is 0. The van der Waals surface area contributed by atoms with Crippen molar-refractivity contribution in [2.24, 2.45) is 5.92 Å². The Hall–Kier alpha value is -0.960. The minimum atomic E-state index is -0.684. The van der Waals surface area contributed by atoms with Gasteiger partial charge in [-0.25, -0.2) is 0 Å². The Morgan fingerprint density at radius 2 is 2.00 bits per heavy atom. The number of aliphatic carboxylic acids is 1. The van der Waals surface area contributed by atoms with Crippen molar-refractivity contribution >= 4 is 17.7 Å². The molecule has 1 N–H and O–H groups in total. The van der Waals surface area contributed by atoms with Gasteiger partial charge in [-0.2, -0.15) is 0 Å². The predicted molar refractivity (Wildman–Crippen MR) is 68.0 cm³/mol. The third-order valence-corrected chi connectivity index (χ3v) is 3.37. The molecule has 0 aliphatic carbocycles. The molecule has 1 unspecified atom stereocenters. The SMILES string of the molecule is CCCC(Cc1ccc(SC)cc1)C(=O)O. The molecule has 0 aromatic heterocycles. The van der Waals surface area contributed by atoms with Gasteiger partial charge in [-0.3, -0.25) is 4.79 Å². The Bertz CT molecular complexity index is 332. The quantitative estimate of drug-likeness (QED) is 0.771. The van der Waals surface area contributed by atoms with Crippen LogP contribution in [0.2, 0.25) is 0 Å². The lowest BCUT2D eigenvalue weighted by atomic mass is 9.95. The first-order chi connectivity index (χ1) is 7.67. The Balaban J connectivity index is 2.65. The van der Waals surface area contributed by atoms with Gasteiger partial charge in [-0.1, -0.05) is 25.5 Å². The van der Waals surface area contributed by atoms with E-state index in [1.807, 2.05) is 37.4 Å². The lowest BCUT2D eigenvalue weighted by Crippen LogP contribution is -2.16. The fourth-order valence-electron chi connectivity index (χ4n) is 1.71. The summed E-state index contributed by atoms with van der Waals surface area (Å²) < 4.78 is 0. The Morgan fingerprint density at radius 1 is 1.38 bits per heavy atom. The number of carbonyl (C=O) groups is 1. The maximum absolute atomic E-state index is 11.0. The van der Waals surface area contributed by atoms with Crippen LogP contribution in [0.4, 0.5) is 0 Å². The fraction of sp³-hybridized carbons (Fsp3) is 0.462. The third kappa shape index (κ3) is 3.89. The van der Waals surface area contributed by atoms with E-state index in [4.69, 9.17) is 5.11 Å². The van der Waals surface area contributed by atoms with Gasteiger partial charge in [0.25, 0.3) is 0 Å². The van der Waals surface area contributed by atoms with Crippen LogP contribution in [-0.4, -0.2) is 17.3 Å². The summed E-state index contributed by atoms with van der Waals surface area (Å²) in [6.45, 7) is 2.02. The number of rotatable bonds is 6. The van der Waals surface area contributed by atoms with Crippen LogP contribution in [-0.2, 0) is 11.2 Å². The molecule has 0 heterocycles. The molecule has 0 spiro atoms. The van der Waals surface area contributed by atoms with Gasteiger partial charge in [-0.05, 0) is 36.8 Å².